The number of aliphatic hydroxyl groups excluding tert-OH is 1. The zero-order valence-electron chi connectivity index (χ0n) is 14.7. The van der Waals surface area contributed by atoms with Gasteiger partial charge in [0, 0.05) is 11.8 Å². The van der Waals surface area contributed by atoms with Gasteiger partial charge in [0.15, 0.2) is 0 Å². The van der Waals surface area contributed by atoms with Crippen LogP contribution in [0.1, 0.15) is 79.1 Å². The number of carbonyl (C=O) groups excluding carboxylic acids is 1. The molecule has 0 aromatic heterocycles. The molecule has 0 aromatic rings. The second-order valence-electron chi connectivity index (χ2n) is 10.2. The van der Waals surface area contributed by atoms with Crippen molar-refractivity contribution in [1.29, 1.82) is 0 Å². The summed E-state index contributed by atoms with van der Waals surface area (Å²) in [7, 11) is 0. The monoisotopic (exact) mass is 304 g/mol. The van der Waals surface area contributed by atoms with Crippen molar-refractivity contribution >= 4 is 5.78 Å². The average molecular weight is 304 g/mol. The van der Waals surface area contributed by atoms with Crippen molar-refractivity contribution in [3.8, 4) is 0 Å². The highest BCUT2D eigenvalue weighted by molar-refractivity contribution is 5.90. The Labute approximate surface area is 135 Å². The lowest BCUT2D eigenvalue weighted by Gasteiger charge is -2.64. The molecule has 22 heavy (non-hydrogen) atoms. The summed E-state index contributed by atoms with van der Waals surface area (Å²) in [6.07, 6.45) is 8.36. The summed E-state index contributed by atoms with van der Waals surface area (Å²) in [4.78, 5) is 13.0. The minimum Gasteiger partial charge on any atom is -0.391 e. The van der Waals surface area contributed by atoms with Crippen LogP contribution in [-0.4, -0.2) is 17.0 Å². The third-order valence-corrected chi connectivity index (χ3v) is 8.78. The van der Waals surface area contributed by atoms with Gasteiger partial charge in [-0.1, -0.05) is 34.1 Å². The summed E-state index contributed by atoms with van der Waals surface area (Å²) in [6.45, 7) is 9.49. The van der Waals surface area contributed by atoms with Gasteiger partial charge in [0.25, 0.3) is 0 Å². The highest BCUT2D eigenvalue weighted by Crippen LogP contribution is 2.72. The number of ketones is 1. The van der Waals surface area contributed by atoms with E-state index in [0.717, 1.165) is 25.7 Å². The van der Waals surface area contributed by atoms with Crippen LogP contribution in [0.15, 0.2) is 0 Å². The SMILES string of the molecule is CC1(C)CCC[C@]2(C)[C@H]3CC[C@@]4(C)CC(=O)[C@]3(CC[C@@H]12)[C@H]4O. The van der Waals surface area contributed by atoms with E-state index in [1.54, 1.807) is 0 Å². The molecule has 0 amide bonds. The molecule has 2 nitrogen and oxygen atoms in total. The molecule has 6 atom stereocenters. The standard InChI is InChI=1S/C20H32O2/c1-17(2)8-5-9-19(4)13(17)7-11-20-14(19)6-10-18(3,16(20)22)12-15(20)21/h13-14,16,22H,5-12H2,1-4H3/t13-,14+,16-,18-,19-,20+/m0/s1. The molecule has 4 aliphatic rings. The van der Waals surface area contributed by atoms with Gasteiger partial charge in [-0.25, -0.2) is 0 Å². The largest absolute Gasteiger partial charge is 0.391 e. The number of hydrogen-bond donors (Lipinski definition) is 1. The van der Waals surface area contributed by atoms with Crippen molar-refractivity contribution < 1.29 is 9.90 Å². The van der Waals surface area contributed by atoms with Crippen molar-refractivity contribution in [2.24, 2.45) is 33.5 Å². The molecule has 1 N–H and O–H groups in total. The topological polar surface area (TPSA) is 37.3 Å². The fraction of sp³-hybridized carbons (Fsp3) is 0.950. The predicted molar refractivity (Wildman–Crippen MR) is 87.4 cm³/mol. The zero-order valence-corrected chi connectivity index (χ0v) is 14.7. The van der Waals surface area contributed by atoms with Crippen LogP contribution in [0.3, 0.4) is 0 Å². The van der Waals surface area contributed by atoms with Gasteiger partial charge in [-0.2, -0.15) is 0 Å². The molecule has 124 valence electrons. The molecule has 2 heteroatoms. The molecule has 4 fully saturated rings. The van der Waals surface area contributed by atoms with Crippen molar-refractivity contribution in [2.45, 2.75) is 85.2 Å². The molecule has 4 rings (SSSR count). The quantitative estimate of drug-likeness (QED) is 0.722. The van der Waals surface area contributed by atoms with E-state index in [1.165, 1.54) is 19.3 Å². The van der Waals surface area contributed by atoms with Gasteiger partial charge in [-0.3, -0.25) is 4.79 Å². The second kappa shape index (κ2) is 4.18. The fourth-order valence-corrected chi connectivity index (χ4v) is 7.80. The summed E-state index contributed by atoms with van der Waals surface area (Å²) < 4.78 is 0. The lowest BCUT2D eigenvalue weighted by molar-refractivity contribution is -0.195. The van der Waals surface area contributed by atoms with E-state index in [4.69, 9.17) is 0 Å². The van der Waals surface area contributed by atoms with Crippen LogP contribution in [0, 0.1) is 33.5 Å². The Hall–Kier alpha value is -0.370. The Balaban J connectivity index is 1.81. The van der Waals surface area contributed by atoms with Gasteiger partial charge < -0.3 is 5.11 Å². The van der Waals surface area contributed by atoms with E-state index in [9.17, 15) is 9.90 Å². The van der Waals surface area contributed by atoms with Crippen LogP contribution >= 0.6 is 0 Å². The van der Waals surface area contributed by atoms with Crippen LogP contribution in [0.25, 0.3) is 0 Å². The van der Waals surface area contributed by atoms with Gasteiger partial charge in [0.2, 0.25) is 0 Å². The lowest BCUT2D eigenvalue weighted by atomic mass is 9.40. The zero-order chi connectivity index (χ0) is 16.0. The maximum absolute atomic E-state index is 13.0. The lowest BCUT2D eigenvalue weighted by Crippen LogP contribution is -2.62. The molecule has 0 aromatic carbocycles. The van der Waals surface area contributed by atoms with Crippen molar-refractivity contribution in [2.75, 3.05) is 0 Å². The molecule has 1 spiro atoms. The van der Waals surface area contributed by atoms with Crippen LogP contribution in [0.2, 0.25) is 0 Å². The molecule has 0 radical (unpaired) electrons. The minimum atomic E-state index is -0.397. The third kappa shape index (κ3) is 1.53. The van der Waals surface area contributed by atoms with Gasteiger partial charge in [-0.15, -0.1) is 0 Å². The highest BCUT2D eigenvalue weighted by atomic mass is 16.3. The van der Waals surface area contributed by atoms with E-state index >= 15 is 0 Å². The van der Waals surface area contributed by atoms with Crippen molar-refractivity contribution in [3.05, 3.63) is 0 Å². The number of Topliss-reactive ketones (excluding diaryl/α,β-unsaturated/α-hetero) is 1. The number of fused-ring (bicyclic) bond motifs is 3. The number of rotatable bonds is 0. The van der Waals surface area contributed by atoms with Crippen molar-refractivity contribution in [1.82, 2.24) is 0 Å². The molecule has 0 saturated heterocycles. The Morgan fingerprint density at radius 2 is 1.64 bits per heavy atom. The number of carbonyl (C=O) groups is 1. The van der Waals surface area contributed by atoms with E-state index in [1.807, 2.05) is 0 Å². The Kier molecular flexibility index (Phi) is 2.88. The normalized spacial score (nSPS) is 56.4. The Morgan fingerprint density at radius 1 is 0.955 bits per heavy atom. The van der Waals surface area contributed by atoms with Crippen molar-refractivity contribution in [3.63, 3.8) is 0 Å². The Bertz CT molecular complexity index is 524. The average Bonchev–Trinajstić information content (AvgIpc) is 2.54. The summed E-state index contributed by atoms with van der Waals surface area (Å²) in [6, 6.07) is 0. The second-order valence-corrected chi connectivity index (χ2v) is 10.2. The summed E-state index contributed by atoms with van der Waals surface area (Å²) in [5, 5.41) is 11.1. The Morgan fingerprint density at radius 3 is 2.36 bits per heavy atom. The first-order valence-corrected chi connectivity index (χ1v) is 9.38. The van der Waals surface area contributed by atoms with Crippen LogP contribution < -0.4 is 0 Å². The maximum atomic E-state index is 13.0. The molecule has 0 unspecified atom stereocenters. The van der Waals surface area contributed by atoms with E-state index in [0.29, 0.717) is 29.5 Å². The first-order valence-electron chi connectivity index (χ1n) is 9.38. The van der Waals surface area contributed by atoms with E-state index in [-0.39, 0.29) is 10.8 Å². The van der Waals surface area contributed by atoms with Gasteiger partial charge in [0.05, 0.1) is 11.5 Å². The molecule has 2 bridgehead atoms. The van der Waals surface area contributed by atoms with Gasteiger partial charge in [0.1, 0.15) is 5.78 Å². The smallest absolute Gasteiger partial charge is 0.142 e. The third-order valence-electron chi connectivity index (χ3n) is 8.78. The number of aliphatic hydroxyl groups is 1. The van der Waals surface area contributed by atoms with Gasteiger partial charge in [-0.05, 0) is 61.2 Å². The summed E-state index contributed by atoms with van der Waals surface area (Å²) >= 11 is 0. The van der Waals surface area contributed by atoms with E-state index in [2.05, 4.69) is 27.7 Å². The fourth-order valence-electron chi connectivity index (χ4n) is 7.80. The van der Waals surface area contributed by atoms with E-state index < -0.39 is 11.5 Å². The first kappa shape index (κ1) is 15.2. The van der Waals surface area contributed by atoms with Crippen LogP contribution in [0.5, 0.6) is 0 Å². The first-order chi connectivity index (χ1) is 10.2. The summed E-state index contributed by atoms with van der Waals surface area (Å²) in [5.41, 5.74) is 0.108. The minimum absolute atomic E-state index is 0.138. The molecular weight excluding hydrogens is 272 g/mol. The molecule has 4 saturated carbocycles. The molecule has 0 heterocycles. The molecular formula is C20H32O2. The number of hydrogen-bond acceptors (Lipinski definition) is 2. The summed E-state index contributed by atoms with van der Waals surface area (Å²) in [5.74, 6) is 1.53. The maximum Gasteiger partial charge on any atom is 0.142 e. The highest BCUT2D eigenvalue weighted by Gasteiger charge is 2.71. The molecule has 4 aliphatic carbocycles. The predicted octanol–water partition coefficient (Wildman–Crippen LogP) is 4.35. The molecule has 0 aliphatic heterocycles. The van der Waals surface area contributed by atoms with Crippen LogP contribution in [-0.2, 0) is 4.79 Å². The van der Waals surface area contributed by atoms with Gasteiger partial charge >= 0.3 is 0 Å². The van der Waals surface area contributed by atoms with Crippen LogP contribution in [0.4, 0.5) is 0 Å².